The molecule has 1 saturated carbocycles. The van der Waals surface area contributed by atoms with Crippen molar-refractivity contribution < 1.29 is 0 Å². The van der Waals surface area contributed by atoms with Crippen LogP contribution in [0.3, 0.4) is 0 Å². The Labute approximate surface area is 156 Å². The minimum Gasteiger partial charge on any atom is -0.357 e. The van der Waals surface area contributed by atoms with E-state index in [2.05, 4.69) is 54.1 Å². The van der Waals surface area contributed by atoms with Gasteiger partial charge in [0, 0.05) is 25.4 Å². The molecule has 0 saturated heterocycles. The second kappa shape index (κ2) is 10.4. The molecular weight excluding hydrogens is 405 g/mol. The second-order valence-corrected chi connectivity index (χ2v) is 6.76. The van der Waals surface area contributed by atoms with Gasteiger partial charge in [-0.05, 0) is 43.4 Å². The molecule has 0 radical (unpaired) electrons. The van der Waals surface area contributed by atoms with E-state index in [1.54, 1.807) is 0 Å². The zero-order chi connectivity index (χ0) is 15.0. The highest BCUT2D eigenvalue weighted by atomic mass is 127. The number of guanidine groups is 1. The predicted molar refractivity (Wildman–Crippen MR) is 110 cm³/mol. The second-order valence-electron chi connectivity index (χ2n) is 5.78. The van der Waals surface area contributed by atoms with Crippen LogP contribution < -0.4 is 10.6 Å². The molecule has 5 heteroatoms. The van der Waals surface area contributed by atoms with E-state index < -0.39 is 0 Å². The Balaban J connectivity index is 0.00000242. The summed E-state index contributed by atoms with van der Waals surface area (Å²) >= 11 is 1.85. The monoisotopic (exact) mass is 433 g/mol. The number of nitrogens with zero attached hydrogens (tertiary/aromatic N) is 1. The van der Waals surface area contributed by atoms with Gasteiger partial charge in [-0.3, -0.25) is 4.99 Å². The molecule has 0 aliphatic heterocycles. The van der Waals surface area contributed by atoms with Gasteiger partial charge in [-0.1, -0.05) is 30.3 Å². The molecular formula is C17H28IN3S. The number of halogens is 1. The molecule has 1 aromatic rings. The number of thioether (sulfide) groups is 1. The van der Waals surface area contributed by atoms with Crippen LogP contribution in [0.2, 0.25) is 0 Å². The zero-order valence-corrected chi connectivity index (χ0v) is 16.7. The lowest BCUT2D eigenvalue weighted by Crippen LogP contribution is -2.38. The summed E-state index contributed by atoms with van der Waals surface area (Å²) in [7, 11) is 0. The van der Waals surface area contributed by atoms with Gasteiger partial charge in [-0.25, -0.2) is 0 Å². The van der Waals surface area contributed by atoms with E-state index in [9.17, 15) is 0 Å². The predicted octanol–water partition coefficient (Wildman–Crippen LogP) is 3.55. The van der Waals surface area contributed by atoms with E-state index in [0.717, 1.165) is 37.8 Å². The first-order valence-corrected chi connectivity index (χ1v) is 9.22. The Bertz CT molecular complexity index is 446. The third kappa shape index (κ3) is 6.77. The summed E-state index contributed by atoms with van der Waals surface area (Å²) in [6, 6.07) is 10.8. The van der Waals surface area contributed by atoms with Gasteiger partial charge in [0.25, 0.3) is 0 Å². The third-order valence-electron chi connectivity index (χ3n) is 3.89. The summed E-state index contributed by atoms with van der Waals surface area (Å²) in [5.74, 6) is 2.07. The SMILES string of the molecule is CCNC(=NCC1(Cc2ccccc2)CC1)NCCSC.I. The van der Waals surface area contributed by atoms with Gasteiger partial charge in [-0.2, -0.15) is 11.8 Å². The number of aliphatic imine (C=N–C) groups is 1. The van der Waals surface area contributed by atoms with Crippen molar-refractivity contribution in [2.45, 2.75) is 26.2 Å². The largest absolute Gasteiger partial charge is 0.357 e. The minimum absolute atomic E-state index is 0. The molecule has 0 bridgehead atoms. The molecule has 0 heterocycles. The van der Waals surface area contributed by atoms with Crippen LogP contribution in [-0.2, 0) is 6.42 Å². The van der Waals surface area contributed by atoms with Crippen molar-refractivity contribution >= 4 is 41.7 Å². The van der Waals surface area contributed by atoms with Crippen LogP contribution in [0.5, 0.6) is 0 Å². The highest BCUT2D eigenvalue weighted by Crippen LogP contribution is 2.48. The van der Waals surface area contributed by atoms with Crippen LogP contribution in [0.15, 0.2) is 35.3 Å². The summed E-state index contributed by atoms with van der Waals surface area (Å²) in [4.78, 5) is 4.80. The fraction of sp³-hybridized carbons (Fsp3) is 0.588. The Morgan fingerprint density at radius 3 is 2.55 bits per heavy atom. The number of hydrogen-bond donors (Lipinski definition) is 2. The fourth-order valence-electron chi connectivity index (χ4n) is 2.46. The van der Waals surface area contributed by atoms with Crippen LogP contribution >= 0.6 is 35.7 Å². The van der Waals surface area contributed by atoms with Crippen LogP contribution in [-0.4, -0.2) is 37.6 Å². The van der Waals surface area contributed by atoms with Crippen LogP contribution in [0, 0.1) is 5.41 Å². The number of benzene rings is 1. The van der Waals surface area contributed by atoms with Crippen LogP contribution in [0.4, 0.5) is 0 Å². The van der Waals surface area contributed by atoms with Gasteiger partial charge in [0.1, 0.15) is 0 Å². The Morgan fingerprint density at radius 2 is 1.95 bits per heavy atom. The summed E-state index contributed by atoms with van der Waals surface area (Å²) in [5.41, 5.74) is 1.84. The average Bonchev–Trinajstić information content (AvgIpc) is 3.26. The first-order chi connectivity index (χ1) is 10.3. The van der Waals surface area contributed by atoms with Crippen LogP contribution in [0.1, 0.15) is 25.3 Å². The van der Waals surface area contributed by atoms with Crippen molar-refractivity contribution in [3.05, 3.63) is 35.9 Å². The van der Waals surface area contributed by atoms with Crippen molar-refractivity contribution in [3.8, 4) is 0 Å². The van der Waals surface area contributed by atoms with Crippen molar-refractivity contribution in [2.24, 2.45) is 10.4 Å². The minimum atomic E-state index is 0. The van der Waals surface area contributed by atoms with E-state index in [0.29, 0.717) is 5.41 Å². The number of rotatable bonds is 8. The smallest absolute Gasteiger partial charge is 0.191 e. The highest BCUT2D eigenvalue weighted by Gasteiger charge is 2.42. The van der Waals surface area contributed by atoms with Crippen molar-refractivity contribution in [1.29, 1.82) is 0 Å². The molecule has 1 aliphatic carbocycles. The van der Waals surface area contributed by atoms with Gasteiger partial charge in [0.2, 0.25) is 0 Å². The summed E-state index contributed by atoms with van der Waals surface area (Å²) < 4.78 is 0. The first kappa shape index (κ1) is 19.6. The topological polar surface area (TPSA) is 36.4 Å². The van der Waals surface area contributed by atoms with E-state index in [1.807, 2.05) is 11.8 Å². The zero-order valence-electron chi connectivity index (χ0n) is 13.6. The molecule has 22 heavy (non-hydrogen) atoms. The summed E-state index contributed by atoms with van der Waals surface area (Å²) in [5, 5.41) is 6.74. The lowest BCUT2D eigenvalue weighted by atomic mass is 9.97. The summed E-state index contributed by atoms with van der Waals surface area (Å²) in [6.45, 7) is 4.93. The maximum atomic E-state index is 4.80. The van der Waals surface area contributed by atoms with E-state index in [-0.39, 0.29) is 24.0 Å². The van der Waals surface area contributed by atoms with Crippen molar-refractivity contribution in [1.82, 2.24) is 10.6 Å². The maximum absolute atomic E-state index is 4.80. The summed E-state index contributed by atoms with van der Waals surface area (Å²) in [6.07, 6.45) is 5.89. The molecule has 0 spiro atoms. The van der Waals surface area contributed by atoms with E-state index >= 15 is 0 Å². The quantitative estimate of drug-likeness (QED) is 0.285. The molecule has 0 amide bonds. The van der Waals surface area contributed by atoms with Crippen molar-refractivity contribution in [3.63, 3.8) is 0 Å². The fourth-order valence-corrected chi connectivity index (χ4v) is 2.76. The maximum Gasteiger partial charge on any atom is 0.191 e. The third-order valence-corrected chi connectivity index (χ3v) is 4.51. The molecule has 1 fully saturated rings. The van der Waals surface area contributed by atoms with Gasteiger partial charge in [-0.15, -0.1) is 24.0 Å². The van der Waals surface area contributed by atoms with Gasteiger partial charge >= 0.3 is 0 Å². The molecule has 2 rings (SSSR count). The van der Waals surface area contributed by atoms with Gasteiger partial charge < -0.3 is 10.6 Å². The normalized spacial score (nSPS) is 15.8. The van der Waals surface area contributed by atoms with E-state index in [1.165, 1.54) is 18.4 Å². The molecule has 1 aliphatic rings. The average molecular weight is 433 g/mol. The highest BCUT2D eigenvalue weighted by molar-refractivity contribution is 14.0. The van der Waals surface area contributed by atoms with Gasteiger partial charge in [0.05, 0.1) is 0 Å². The molecule has 3 nitrogen and oxygen atoms in total. The van der Waals surface area contributed by atoms with Crippen molar-refractivity contribution in [2.75, 3.05) is 31.6 Å². The van der Waals surface area contributed by atoms with E-state index in [4.69, 9.17) is 4.99 Å². The Kier molecular flexibility index (Phi) is 9.24. The lowest BCUT2D eigenvalue weighted by molar-refractivity contribution is 0.520. The Morgan fingerprint density at radius 1 is 1.23 bits per heavy atom. The molecule has 0 atom stereocenters. The lowest BCUT2D eigenvalue weighted by Gasteiger charge is -2.15. The molecule has 124 valence electrons. The molecule has 0 aromatic heterocycles. The molecule has 1 aromatic carbocycles. The molecule has 0 unspecified atom stereocenters. The standard InChI is InChI=1S/C17H27N3S.HI/c1-3-18-16(19-11-12-21-2)20-14-17(9-10-17)13-15-7-5-4-6-8-15;/h4-8H,3,9-14H2,1-2H3,(H2,18,19,20);1H. The van der Waals surface area contributed by atoms with Crippen LogP contribution in [0.25, 0.3) is 0 Å². The number of nitrogens with one attached hydrogen (secondary N) is 2. The molecule has 2 N–H and O–H groups in total. The van der Waals surface area contributed by atoms with Gasteiger partial charge in [0.15, 0.2) is 5.96 Å². The Hall–Kier alpha value is -0.430. The number of hydrogen-bond acceptors (Lipinski definition) is 2. The first-order valence-electron chi connectivity index (χ1n) is 7.83.